The van der Waals surface area contributed by atoms with Gasteiger partial charge in [0.05, 0.1) is 28.6 Å². The van der Waals surface area contributed by atoms with Crippen LogP contribution in [0.5, 0.6) is 11.5 Å². The molecule has 0 bridgehead atoms. The van der Waals surface area contributed by atoms with Crippen molar-refractivity contribution in [3.05, 3.63) is 93.0 Å². The van der Waals surface area contributed by atoms with Gasteiger partial charge in [0.1, 0.15) is 6.61 Å². The number of halogens is 1. The van der Waals surface area contributed by atoms with Crippen LogP contribution in [0.1, 0.15) is 29.2 Å². The summed E-state index contributed by atoms with van der Waals surface area (Å²) in [5.41, 5.74) is 6.24. The molecule has 0 unspecified atom stereocenters. The zero-order valence-electron chi connectivity index (χ0n) is 19.1. The van der Waals surface area contributed by atoms with Crippen LogP contribution in [0.25, 0.3) is 6.08 Å². The van der Waals surface area contributed by atoms with E-state index in [0.717, 1.165) is 21.3 Å². The van der Waals surface area contributed by atoms with Crippen molar-refractivity contribution in [1.82, 2.24) is 0 Å². The highest BCUT2D eigenvalue weighted by atomic mass is 79.9. The molecule has 0 aromatic heterocycles. The van der Waals surface area contributed by atoms with Crippen molar-refractivity contribution in [2.24, 2.45) is 5.10 Å². The summed E-state index contributed by atoms with van der Waals surface area (Å²) < 4.78 is 12.5. The largest absolute Gasteiger partial charge is 0.493 e. The van der Waals surface area contributed by atoms with Crippen LogP contribution >= 0.6 is 15.9 Å². The third kappa shape index (κ3) is 5.01. The maximum absolute atomic E-state index is 13.0. The summed E-state index contributed by atoms with van der Waals surface area (Å²) in [7, 11) is 1.60. The van der Waals surface area contributed by atoms with Gasteiger partial charge in [0.15, 0.2) is 11.5 Å². The second-order valence-electron chi connectivity index (χ2n) is 8.01. The Kier molecular flexibility index (Phi) is 6.65. The zero-order chi connectivity index (χ0) is 23.5. The number of rotatable bonds is 6. The first-order valence-electron chi connectivity index (χ1n) is 10.6. The molecule has 0 spiro atoms. The van der Waals surface area contributed by atoms with Crippen LogP contribution in [-0.4, -0.2) is 18.7 Å². The predicted molar refractivity (Wildman–Crippen MR) is 136 cm³/mol. The van der Waals surface area contributed by atoms with E-state index in [0.29, 0.717) is 29.4 Å². The molecule has 1 amide bonds. The molecule has 1 aliphatic rings. The molecular formula is C27H25BrN2O3. The van der Waals surface area contributed by atoms with Crippen molar-refractivity contribution in [3.63, 3.8) is 0 Å². The third-order valence-corrected chi connectivity index (χ3v) is 5.88. The molecule has 0 saturated heterocycles. The number of aryl methyl sites for hydroxylation is 2. The molecule has 0 aliphatic carbocycles. The van der Waals surface area contributed by atoms with Crippen LogP contribution in [0.15, 0.2) is 75.8 Å². The first kappa shape index (κ1) is 22.8. The Labute approximate surface area is 202 Å². The third-order valence-electron chi connectivity index (χ3n) is 5.29. The SMILES string of the molecule is COc1cc(/C=C2/C(=O)N(c3ccccc3)N=C2C)cc(Br)c1OCc1cc(C)cc(C)c1. The molecule has 5 nitrogen and oxygen atoms in total. The highest BCUT2D eigenvalue weighted by Crippen LogP contribution is 2.38. The molecule has 168 valence electrons. The van der Waals surface area contributed by atoms with E-state index in [9.17, 15) is 4.79 Å². The lowest BCUT2D eigenvalue weighted by atomic mass is 10.1. The van der Waals surface area contributed by atoms with Gasteiger partial charge < -0.3 is 9.47 Å². The lowest BCUT2D eigenvalue weighted by molar-refractivity contribution is -0.114. The number of carbonyl (C=O) groups excluding carboxylic acids is 1. The van der Waals surface area contributed by atoms with Gasteiger partial charge in [-0.25, -0.2) is 0 Å². The van der Waals surface area contributed by atoms with Gasteiger partial charge >= 0.3 is 0 Å². The van der Waals surface area contributed by atoms with E-state index in [1.165, 1.54) is 16.1 Å². The maximum atomic E-state index is 13.0. The number of carbonyl (C=O) groups is 1. The lowest BCUT2D eigenvalue weighted by Crippen LogP contribution is -2.21. The molecule has 1 heterocycles. The minimum absolute atomic E-state index is 0.163. The number of nitrogens with zero attached hydrogens (tertiary/aromatic N) is 2. The Morgan fingerprint density at radius 2 is 1.70 bits per heavy atom. The highest BCUT2D eigenvalue weighted by Gasteiger charge is 2.28. The molecule has 3 aromatic rings. The van der Waals surface area contributed by atoms with Crippen molar-refractivity contribution in [3.8, 4) is 11.5 Å². The van der Waals surface area contributed by atoms with Gasteiger partial charge in [0, 0.05) is 0 Å². The number of ether oxygens (including phenoxy) is 2. The van der Waals surface area contributed by atoms with Crippen molar-refractivity contribution in [1.29, 1.82) is 0 Å². The van der Waals surface area contributed by atoms with Crippen LogP contribution in [0, 0.1) is 13.8 Å². The van der Waals surface area contributed by atoms with E-state index in [-0.39, 0.29) is 5.91 Å². The number of amides is 1. The van der Waals surface area contributed by atoms with E-state index in [2.05, 4.69) is 53.1 Å². The molecule has 0 N–H and O–H groups in total. The van der Waals surface area contributed by atoms with Crippen LogP contribution in [-0.2, 0) is 11.4 Å². The lowest BCUT2D eigenvalue weighted by Gasteiger charge is -2.15. The average Bonchev–Trinajstić information content (AvgIpc) is 3.06. The average molecular weight is 505 g/mol. The van der Waals surface area contributed by atoms with E-state index >= 15 is 0 Å². The Morgan fingerprint density at radius 3 is 2.36 bits per heavy atom. The highest BCUT2D eigenvalue weighted by molar-refractivity contribution is 9.10. The first-order chi connectivity index (χ1) is 15.9. The number of hydrogen-bond acceptors (Lipinski definition) is 4. The summed E-state index contributed by atoms with van der Waals surface area (Å²) in [6.07, 6.45) is 1.82. The van der Waals surface area contributed by atoms with E-state index in [1.54, 1.807) is 7.11 Å². The fraction of sp³-hybridized carbons (Fsp3) is 0.185. The van der Waals surface area contributed by atoms with Gasteiger partial charge in [0.25, 0.3) is 5.91 Å². The standard InChI is InChI=1S/C27H25BrN2O3/c1-17-10-18(2)12-21(11-17)16-33-26-24(28)14-20(15-25(26)32-4)13-23-19(3)29-30(27(23)31)22-8-6-5-7-9-22/h5-15H,16H2,1-4H3/b23-13+. The van der Waals surface area contributed by atoms with Crippen molar-refractivity contribution < 1.29 is 14.3 Å². The molecule has 0 saturated carbocycles. The van der Waals surface area contributed by atoms with Crippen LogP contribution < -0.4 is 14.5 Å². The Balaban J connectivity index is 1.59. The number of benzene rings is 3. The van der Waals surface area contributed by atoms with Crippen LogP contribution in [0.4, 0.5) is 5.69 Å². The summed E-state index contributed by atoms with van der Waals surface area (Å²) in [6, 6.07) is 19.5. The molecule has 1 aliphatic heterocycles. The topological polar surface area (TPSA) is 51.1 Å². The van der Waals surface area contributed by atoms with Gasteiger partial charge in [-0.2, -0.15) is 10.1 Å². The smallest absolute Gasteiger partial charge is 0.280 e. The number of methoxy groups -OCH3 is 1. The molecular weight excluding hydrogens is 480 g/mol. The zero-order valence-corrected chi connectivity index (χ0v) is 20.6. The van der Waals surface area contributed by atoms with Gasteiger partial charge in [-0.1, -0.05) is 47.5 Å². The van der Waals surface area contributed by atoms with Crippen molar-refractivity contribution >= 4 is 39.3 Å². The van der Waals surface area contributed by atoms with Gasteiger partial charge in [-0.15, -0.1) is 0 Å². The number of hydrazone groups is 1. The van der Waals surface area contributed by atoms with E-state index in [4.69, 9.17) is 9.47 Å². The Bertz CT molecular complexity index is 1250. The van der Waals surface area contributed by atoms with Crippen molar-refractivity contribution in [2.45, 2.75) is 27.4 Å². The minimum Gasteiger partial charge on any atom is -0.493 e. The second kappa shape index (κ2) is 9.63. The minimum atomic E-state index is -0.163. The number of anilines is 1. The molecule has 0 fully saturated rings. The fourth-order valence-electron chi connectivity index (χ4n) is 3.87. The Hall–Kier alpha value is -3.38. The molecule has 4 rings (SSSR count). The van der Waals surface area contributed by atoms with E-state index in [1.807, 2.05) is 55.5 Å². The number of hydrogen-bond donors (Lipinski definition) is 0. The fourth-order valence-corrected chi connectivity index (χ4v) is 4.44. The summed E-state index contributed by atoms with van der Waals surface area (Å²) in [4.78, 5) is 13.0. The molecule has 3 aromatic carbocycles. The van der Waals surface area contributed by atoms with Gasteiger partial charge in [-0.05, 0) is 78.2 Å². The van der Waals surface area contributed by atoms with Gasteiger partial charge in [-0.3, -0.25) is 4.79 Å². The van der Waals surface area contributed by atoms with Crippen LogP contribution in [0.2, 0.25) is 0 Å². The second-order valence-corrected chi connectivity index (χ2v) is 8.87. The molecule has 33 heavy (non-hydrogen) atoms. The van der Waals surface area contributed by atoms with Gasteiger partial charge in [0.2, 0.25) is 0 Å². The molecule has 6 heteroatoms. The van der Waals surface area contributed by atoms with Crippen molar-refractivity contribution in [2.75, 3.05) is 12.1 Å². The maximum Gasteiger partial charge on any atom is 0.280 e. The normalized spacial score (nSPS) is 14.6. The monoisotopic (exact) mass is 504 g/mol. The summed E-state index contributed by atoms with van der Waals surface area (Å²) in [5.74, 6) is 1.04. The first-order valence-corrected chi connectivity index (χ1v) is 11.4. The Morgan fingerprint density at radius 1 is 1.00 bits per heavy atom. The quantitative estimate of drug-likeness (QED) is 0.362. The molecule has 0 atom stereocenters. The summed E-state index contributed by atoms with van der Waals surface area (Å²) in [6.45, 7) is 6.40. The van der Waals surface area contributed by atoms with Crippen LogP contribution in [0.3, 0.4) is 0 Å². The molecule has 0 radical (unpaired) electrons. The summed E-state index contributed by atoms with van der Waals surface area (Å²) in [5, 5.41) is 5.87. The number of para-hydroxylation sites is 1. The predicted octanol–water partition coefficient (Wildman–Crippen LogP) is 6.46. The van der Waals surface area contributed by atoms with E-state index < -0.39 is 0 Å². The summed E-state index contributed by atoms with van der Waals surface area (Å²) >= 11 is 3.61.